The number of ether oxygens (including phenoxy) is 1. The van der Waals surface area contributed by atoms with E-state index in [4.69, 9.17) is 4.74 Å². The first kappa shape index (κ1) is 24.1. The standard InChI is InChI=1S/C25H30N4O4S/c1-19-25(34(31,32)28-13-15-33-16-14-28)20(2)29(27-19)18-24(30)26-23(22-11-7-4-8-12-22)17-21-9-5-3-6-10-21/h3-12,23H,13-18H2,1-2H3,(H,26,30)/t23-/m1/s1. The van der Waals surface area contributed by atoms with Gasteiger partial charge in [-0.3, -0.25) is 9.48 Å². The predicted octanol–water partition coefficient (Wildman–Crippen LogP) is 2.62. The zero-order valence-corrected chi connectivity index (χ0v) is 20.3. The third kappa shape index (κ3) is 5.38. The molecule has 180 valence electrons. The molecule has 0 spiro atoms. The minimum Gasteiger partial charge on any atom is -0.379 e. The summed E-state index contributed by atoms with van der Waals surface area (Å²) in [5.41, 5.74) is 2.96. The van der Waals surface area contributed by atoms with Gasteiger partial charge >= 0.3 is 0 Å². The number of aromatic nitrogens is 2. The second kappa shape index (κ2) is 10.5. The first-order valence-corrected chi connectivity index (χ1v) is 12.8. The van der Waals surface area contributed by atoms with Crippen LogP contribution in [0.15, 0.2) is 65.6 Å². The van der Waals surface area contributed by atoms with Gasteiger partial charge < -0.3 is 10.1 Å². The Balaban J connectivity index is 1.53. The number of carbonyl (C=O) groups excluding carboxylic acids is 1. The van der Waals surface area contributed by atoms with Crippen LogP contribution in [0.2, 0.25) is 0 Å². The van der Waals surface area contributed by atoms with E-state index in [1.807, 2.05) is 60.7 Å². The van der Waals surface area contributed by atoms with Crippen LogP contribution in [-0.4, -0.2) is 54.7 Å². The van der Waals surface area contributed by atoms with Gasteiger partial charge in [0, 0.05) is 13.1 Å². The highest BCUT2D eigenvalue weighted by Gasteiger charge is 2.32. The van der Waals surface area contributed by atoms with Crippen LogP contribution in [0.5, 0.6) is 0 Å². The Kier molecular flexibility index (Phi) is 7.45. The lowest BCUT2D eigenvalue weighted by atomic mass is 9.99. The molecule has 0 aliphatic carbocycles. The SMILES string of the molecule is Cc1nn(CC(=O)N[C@H](Cc2ccccc2)c2ccccc2)c(C)c1S(=O)(=O)N1CCOCC1. The van der Waals surface area contributed by atoms with Gasteiger partial charge in [0.2, 0.25) is 15.9 Å². The first-order chi connectivity index (χ1) is 16.4. The molecule has 0 unspecified atom stereocenters. The highest BCUT2D eigenvalue weighted by atomic mass is 32.2. The molecule has 2 heterocycles. The smallest absolute Gasteiger partial charge is 0.246 e. The van der Waals surface area contributed by atoms with Crippen LogP contribution >= 0.6 is 0 Å². The molecule has 9 heteroatoms. The van der Waals surface area contributed by atoms with Gasteiger partial charge in [0.1, 0.15) is 11.4 Å². The molecule has 1 amide bonds. The zero-order chi connectivity index (χ0) is 24.1. The number of nitrogens with one attached hydrogen (secondary N) is 1. The van der Waals surface area contributed by atoms with Gasteiger partial charge in [0.15, 0.2) is 0 Å². The van der Waals surface area contributed by atoms with E-state index in [2.05, 4.69) is 10.4 Å². The summed E-state index contributed by atoms with van der Waals surface area (Å²) in [4.78, 5) is 13.2. The van der Waals surface area contributed by atoms with Crippen LogP contribution < -0.4 is 5.32 Å². The summed E-state index contributed by atoms with van der Waals surface area (Å²) in [6.45, 7) is 4.65. The average Bonchev–Trinajstić information content (AvgIpc) is 3.13. The maximum absolute atomic E-state index is 13.2. The second-order valence-corrected chi connectivity index (χ2v) is 10.3. The first-order valence-electron chi connectivity index (χ1n) is 11.4. The molecule has 1 aliphatic rings. The van der Waals surface area contributed by atoms with Crippen molar-refractivity contribution in [1.82, 2.24) is 19.4 Å². The van der Waals surface area contributed by atoms with Crippen LogP contribution in [0, 0.1) is 13.8 Å². The number of amides is 1. The molecule has 34 heavy (non-hydrogen) atoms. The molecule has 0 bridgehead atoms. The fourth-order valence-electron chi connectivity index (χ4n) is 4.29. The maximum atomic E-state index is 13.2. The van der Waals surface area contributed by atoms with Crippen LogP contribution in [0.1, 0.15) is 28.6 Å². The van der Waals surface area contributed by atoms with Gasteiger partial charge in [-0.2, -0.15) is 9.40 Å². The Morgan fingerprint density at radius 2 is 1.65 bits per heavy atom. The number of hydrogen-bond acceptors (Lipinski definition) is 5. The molecule has 8 nitrogen and oxygen atoms in total. The molecule has 2 aromatic carbocycles. The fraction of sp³-hybridized carbons (Fsp3) is 0.360. The van der Waals surface area contributed by atoms with E-state index in [0.717, 1.165) is 11.1 Å². The normalized spacial score (nSPS) is 15.7. The van der Waals surface area contributed by atoms with E-state index in [-0.39, 0.29) is 23.4 Å². The Morgan fingerprint density at radius 3 is 2.29 bits per heavy atom. The molecule has 1 N–H and O–H groups in total. The van der Waals surface area contributed by atoms with E-state index in [1.54, 1.807) is 13.8 Å². The molecule has 1 saturated heterocycles. The van der Waals surface area contributed by atoms with Crippen LogP contribution in [0.25, 0.3) is 0 Å². The Morgan fingerprint density at radius 1 is 1.03 bits per heavy atom. The van der Waals surface area contributed by atoms with Crippen molar-refractivity contribution in [3.63, 3.8) is 0 Å². The Labute approximate surface area is 200 Å². The monoisotopic (exact) mass is 482 g/mol. The van der Waals surface area contributed by atoms with E-state index in [1.165, 1.54) is 8.99 Å². The molecular formula is C25H30N4O4S. The summed E-state index contributed by atoms with van der Waals surface area (Å²) < 4.78 is 34.6. The highest BCUT2D eigenvalue weighted by molar-refractivity contribution is 7.89. The number of aryl methyl sites for hydroxylation is 1. The van der Waals surface area contributed by atoms with Crippen molar-refractivity contribution in [2.75, 3.05) is 26.3 Å². The van der Waals surface area contributed by atoms with Crippen LogP contribution in [0.4, 0.5) is 0 Å². The lowest BCUT2D eigenvalue weighted by Crippen LogP contribution is -2.41. The highest BCUT2D eigenvalue weighted by Crippen LogP contribution is 2.24. The van der Waals surface area contributed by atoms with Crippen molar-refractivity contribution >= 4 is 15.9 Å². The number of morpholine rings is 1. The number of sulfonamides is 1. The van der Waals surface area contributed by atoms with E-state index in [9.17, 15) is 13.2 Å². The fourth-order valence-corrected chi connectivity index (χ4v) is 6.07. The molecule has 1 fully saturated rings. The molecule has 1 aliphatic heterocycles. The Bertz CT molecular complexity index is 1220. The number of benzene rings is 2. The van der Waals surface area contributed by atoms with E-state index >= 15 is 0 Å². The van der Waals surface area contributed by atoms with Crippen molar-refractivity contribution in [3.8, 4) is 0 Å². The van der Waals surface area contributed by atoms with Crippen molar-refractivity contribution < 1.29 is 17.9 Å². The molecule has 0 radical (unpaired) electrons. The van der Waals surface area contributed by atoms with Crippen molar-refractivity contribution in [1.29, 1.82) is 0 Å². The lowest BCUT2D eigenvalue weighted by molar-refractivity contribution is -0.122. The molecular weight excluding hydrogens is 452 g/mol. The molecule has 3 aromatic rings. The van der Waals surface area contributed by atoms with Gasteiger partial charge in [-0.15, -0.1) is 0 Å². The van der Waals surface area contributed by atoms with E-state index in [0.29, 0.717) is 44.1 Å². The van der Waals surface area contributed by atoms with Gasteiger partial charge in [-0.25, -0.2) is 8.42 Å². The molecule has 1 aromatic heterocycles. The maximum Gasteiger partial charge on any atom is 0.246 e. The third-order valence-corrected chi connectivity index (χ3v) is 8.15. The topological polar surface area (TPSA) is 93.5 Å². The average molecular weight is 483 g/mol. The minimum atomic E-state index is -3.71. The summed E-state index contributed by atoms with van der Waals surface area (Å²) in [6, 6.07) is 19.6. The summed E-state index contributed by atoms with van der Waals surface area (Å²) in [7, 11) is -3.71. The summed E-state index contributed by atoms with van der Waals surface area (Å²) in [5, 5.41) is 7.51. The largest absolute Gasteiger partial charge is 0.379 e. The Hall–Kier alpha value is -3.01. The number of carbonyl (C=O) groups is 1. The van der Waals surface area contributed by atoms with E-state index < -0.39 is 10.0 Å². The van der Waals surface area contributed by atoms with Gasteiger partial charge in [0.25, 0.3) is 0 Å². The molecule has 1 atom stereocenters. The van der Waals surface area contributed by atoms with Crippen LogP contribution in [0.3, 0.4) is 0 Å². The van der Waals surface area contributed by atoms with Gasteiger partial charge in [0.05, 0.1) is 30.6 Å². The molecule has 4 rings (SSSR count). The predicted molar refractivity (Wildman–Crippen MR) is 129 cm³/mol. The van der Waals surface area contributed by atoms with Gasteiger partial charge in [-0.1, -0.05) is 60.7 Å². The number of rotatable bonds is 8. The summed E-state index contributed by atoms with van der Waals surface area (Å²) in [5.74, 6) is -0.231. The van der Waals surface area contributed by atoms with Crippen LogP contribution in [-0.2, 0) is 32.5 Å². The van der Waals surface area contributed by atoms with Crippen molar-refractivity contribution in [2.24, 2.45) is 0 Å². The minimum absolute atomic E-state index is 0.0660. The number of hydrogen-bond donors (Lipinski definition) is 1. The van der Waals surface area contributed by atoms with Crippen molar-refractivity contribution in [3.05, 3.63) is 83.2 Å². The summed E-state index contributed by atoms with van der Waals surface area (Å²) in [6.07, 6.45) is 0.643. The van der Waals surface area contributed by atoms with Crippen molar-refractivity contribution in [2.45, 2.75) is 37.8 Å². The lowest BCUT2D eigenvalue weighted by Gasteiger charge is -2.26. The third-order valence-electron chi connectivity index (χ3n) is 6.00. The van der Waals surface area contributed by atoms with Gasteiger partial charge in [-0.05, 0) is 31.4 Å². The quantitative estimate of drug-likeness (QED) is 0.533. The number of nitrogens with zero attached hydrogens (tertiary/aromatic N) is 3. The second-order valence-electron chi connectivity index (χ2n) is 8.39. The zero-order valence-electron chi connectivity index (χ0n) is 19.5. The summed E-state index contributed by atoms with van der Waals surface area (Å²) >= 11 is 0. The molecule has 0 saturated carbocycles.